The van der Waals surface area contributed by atoms with Gasteiger partial charge in [-0.1, -0.05) is 15.9 Å². The zero-order valence-corrected chi connectivity index (χ0v) is 17.3. The fourth-order valence-corrected chi connectivity index (χ4v) is 3.40. The van der Waals surface area contributed by atoms with Gasteiger partial charge in [0.2, 0.25) is 5.96 Å². The second-order valence-electron chi connectivity index (χ2n) is 6.16. The Morgan fingerprint density at radius 2 is 2.18 bits per heavy atom. The van der Waals surface area contributed by atoms with Crippen molar-refractivity contribution in [3.8, 4) is 5.75 Å². The summed E-state index contributed by atoms with van der Waals surface area (Å²) < 4.78 is 11.3. The first-order chi connectivity index (χ1) is 13.5. The third-order valence-corrected chi connectivity index (χ3v) is 4.95. The van der Waals surface area contributed by atoms with Crippen molar-refractivity contribution in [3.05, 3.63) is 28.2 Å². The molecule has 150 valence electrons. The molecule has 0 radical (unpaired) electrons. The standard InChI is InChI=1S/C17H21BrN6O4/c1-23-14-13(15(25)21-17(23)26)24(6-7-27-2)16(20-14)22-19-9-10-8-11(18)4-5-12(10)28-3/h4-5,8-9,13-14H,6-7H2,1-3H3,(H,20,22)(H,21,25,26)/b19-9+. The molecule has 1 fully saturated rings. The second kappa shape index (κ2) is 8.57. The first-order valence-corrected chi connectivity index (χ1v) is 9.29. The fraction of sp³-hybridized carbons (Fsp3) is 0.412. The van der Waals surface area contributed by atoms with Gasteiger partial charge in [-0.25, -0.2) is 15.2 Å². The molecule has 2 heterocycles. The number of rotatable bonds is 6. The summed E-state index contributed by atoms with van der Waals surface area (Å²) >= 11 is 3.42. The van der Waals surface area contributed by atoms with E-state index in [1.54, 1.807) is 32.4 Å². The van der Waals surface area contributed by atoms with Crippen LogP contribution in [-0.4, -0.2) is 80.5 Å². The van der Waals surface area contributed by atoms with Crippen molar-refractivity contribution >= 4 is 40.0 Å². The molecule has 2 atom stereocenters. The molecule has 0 bridgehead atoms. The Balaban J connectivity index is 1.81. The second-order valence-corrected chi connectivity index (χ2v) is 7.07. The van der Waals surface area contributed by atoms with E-state index >= 15 is 0 Å². The van der Waals surface area contributed by atoms with E-state index in [4.69, 9.17) is 9.47 Å². The molecule has 11 heteroatoms. The molecule has 3 rings (SSSR count). The lowest BCUT2D eigenvalue weighted by Gasteiger charge is -2.35. The van der Waals surface area contributed by atoms with Crippen LogP contribution in [0, 0.1) is 0 Å². The van der Waals surface area contributed by atoms with Crippen molar-refractivity contribution in [2.45, 2.75) is 12.2 Å². The molecule has 1 saturated heterocycles. The Hall–Kier alpha value is -2.66. The Bertz CT molecular complexity index is 830. The summed E-state index contributed by atoms with van der Waals surface area (Å²) in [6.45, 7) is 0.798. The van der Waals surface area contributed by atoms with Crippen molar-refractivity contribution < 1.29 is 19.1 Å². The van der Waals surface area contributed by atoms with Crippen molar-refractivity contribution in [2.75, 3.05) is 34.4 Å². The van der Waals surface area contributed by atoms with E-state index in [9.17, 15) is 9.59 Å². The molecule has 1 aromatic carbocycles. The van der Waals surface area contributed by atoms with Crippen molar-refractivity contribution in [2.24, 2.45) is 10.1 Å². The average molecular weight is 453 g/mol. The number of hydrogen-bond acceptors (Lipinski definition) is 8. The number of nitrogens with zero attached hydrogens (tertiary/aromatic N) is 4. The number of halogens is 1. The van der Waals surface area contributed by atoms with Crippen molar-refractivity contribution in [1.29, 1.82) is 0 Å². The first kappa shape index (κ1) is 20.1. The van der Waals surface area contributed by atoms with Gasteiger partial charge < -0.3 is 19.3 Å². The number of hydrazone groups is 1. The smallest absolute Gasteiger partial charge is 0.325 e. The number of methoxy groups -OCH3 is 2. The van der Waals surface area contributed by atoms with Gasteiger partial charge in [0.25, 0.3) is 5.91 Å². The quantitative estimate of drug-likeness (QED) is 0.482. The van der Waals surface area contributed by atoms with Crippen LogP contribution in [0.5, 0.6) is 5.75 Å². The van der Waals surface area contributed by atoms with E-state index in [0.717, 1.165) is 10.0 Å². The predicted octanol–water partition coefficient (Wildman–Crippen LogP) is 0.575. The van der Waals surface area contributed by atoms with Crippen LogP contribution in [0.25, 0.3) is 0 Å². The highest BCUT2D eigenvalue weighted by atomic mass is 79.9. The molecule has 28 heavy (non-hydrogen) atoms. The summed E-state index contributed by atoms with van der Waals surface area (Å²) in [5.74, 6) is 0.646. The third-order valence-electron chi connectivity index (χ3n) is 4.46. The van der Waals surface area contributed by atoms with E-state index < -0.39 is 24.1 Å². The highest BCUT2D eigenvalue weighted by Gasteiger charge is 2.48. The molecule has 2 aliphatic rings. The van der Waals surface area contributed by atoms with Crippen molar-refractivity contribution in [1.82, 2.24) is 20.5 Å². The van der Waals surface area contributed by atoms with E-state index in [1.807, 2.05) is 18.2 Å². The van der Waals surface area contributed by atoms with E-state index in [0.29, 0.717) is 24.9 Å². The molecule has 0 saturated carbocycles. The molecular formula is C17H21BrN6O4. The maximum Gasteiger partial charge on any atom is 0.325 e. The van der Waals surface area contributed by atoms with Gasteiger partial charge in [0, 0.05) is 30.7 Å². The van der Waals surface area contributed by atoms with Crippen LogP contribution in [0.1, 0.15) is 5.56 Å². The third kappa shape index (κ3) is 3.94. The lowest BCUT2D eigenvalue weighted by atomic mass is 10.1. The summed E-state index contributed by atoms with van der Waals surface area (Å²) in [5.41, 5.74) is 3.63. The number of benzene rings is 1. The summed E-state index contributed by atoms with van der Waals surface area (Å²) in [6, 6.07) is 4.43. The zero-order chi connectivity index (χ0) is 20.3. The van der Waals surface area contributed by atoms with Gasteiger partial charge >= 0.3 is 6.03 Å². The minimum absolute atomic E-state index is 0.383. The number of imide groups is 1. The lowest BCUT2D eigenvalue weighted by molar-refractivity contribution is -0.127. The summed E-state index contributed by atoms with van der Waals surface area (Å²) in [7, 11) is 4.75. The number of hydrogen-bond donors (Lipinski definition) is 2. The van der Waals surface area contributed by atoms with Gasteiger partial charge in [0.1, 0.15) is 5.75 Å². The van der Waals surface area contributed by atoms with Crippen molar-refractivity contribution in [3.63, 3.8) is 0 Å². The molecule has 0 aliphatic carbocycles. The van der Waals surface area contributed by atoms with Crippen LogP contribution in [0.3, 0.4) is 0 Å². The Kier molecular flexibility index (Phi) is 6.15. The number of likely N-dealkylation sites (N-methyl/N-ethyl adjacent to an activating group) is 1. The molecule has 2 unspecified atom stereocenters. The summed E-state index contributed by atoms with van der Waals surface area (Å²) in [5, 5.41) is 6.57. The molecule has 0 aromatic heterocycles. The lowest BCUT2D eigenvalue weighted by Crippen LogP contribution is -2.64. The molecule has 2 aliphatic heterocycles. The number of carbonyl (C=O) groups excluding carboxylic acids is 2. The van der Waals surface area contributed by atoms with Crippen LogP contribution in [0.2, 0.25) is 0 Å². The van der Waals surface area contributed by atoms with Gasteiger partial charge in [-0.15, -0.1) is 0 Å². The summed E-state index contributed by atoms with van der Waals surface area (Å²) in [6.07, 6.45) is 0.966. The maximum atomic E-state index is 12.4. The van der Waals surface area contributed by atoms with Crippen LogP contribution in [0.15, 0.2) is 32.8 Å². The monoisotopic (exact) mass is 452 g/mol. The van der Waals surface area contributed by atoms with Crippen LogP contribution >= 0.6 is 15.9 Å². The van der Waals surface area contributed by atoms with E-state index in [2.05, 4.69) is 36.8 Å². The molecule has 3 amide bonds. The molecular weight excluding hydrogens is 432 g/mol. The number of ether oxygens (including phenoxy) is 2. The number of amides is 3. The largest absolute Gasteiger partial charge is 0.496 e. The number of aliphatic imine (C=N–C) groups is 1. The number of urea groups is 1. The van der Waals surface area contributed by atoms with Gasteiger partial charge in [0.05, 0.1) is 19.9 Å². The van der Waals surface area contributed by atoms with Gasteiger partial charge in [-0.3, -0.25) is 10.1 Å². The van der Waals surface area contributed by atoms with E-state index in [-0.39, 0.29) is 0 Å². The highest BCUT2D eigenvalue weighted by Crippen LogP contribution is 2.23. The molecule has 0 spiro atoms. The number of fused-ring (bicyclic) bond motifs is 1. The minimum Gasteiger partial charge on any atom is -0.496 e. The van der Waals surface area contributed by atoms with Gasteiger partial charge in [-0.2, -0.15) is 5.10 Å². The van der Waals surface area contributed by atoms with Crippen LogP contribution in [-0.2, 0) is 9.53 Å². The van der Waals surface area contributed by atoms with E-state index in [1.165, 1.54) is 4.90 Å². The Morgan fingerprint density at radius 1 is 1.39 bits per heavy atom. The topological polar surface area (TPSA) is 108 Å². The Morgan fingerprint density at radius 3 is 2.89 bits per heavy atom. The first-order valence-electron chi connectivity index (χ1n) is 8.50. The zero-order valence-electron chi connectivity index (χ0n) is 15.7. The number of nitrogens with one attached hydrogen (secondary N) is 2. The highest BCUT2D eigenvalue weighted by molar-refractivity contribution is 9.10. The maximum absolute atomic E-state index is 12.4. The predicted molar refractivity (Wildman–Crippen MR) is 106 cm³/mol. The molecule has 2 N–H and O–H groups in total. The average Bonchev–Trinajstić information content (AvgIpc) is 3.04. The van der Waals surface area contributed by atoms with Crippen LogP contribution < -0.4 is 15.5 Å². The summed E-state index contributed by atoms with van der Waals surface area (Å²) in [4.78, 5) is 31.9. The Labute approximate surface area is 170 Å². The normalized spacial score (nSPS) is 21.6. The fourth-order valence-electron chi connectivity index (χ4n) is 3.02. The molecule has 10 nitrogen and oxygen atoms in total. The minimum atomic E-state index is -0.643. The SMILES string of the molecule is COCCN1C(N/N=C/c2cc(Br)ccc2OC)=NC2C1C(=O)NC(=O)N2C. The number of carbonyl (C=O) groups is 2. The van der Waals surface area contributed by atoms with Gasteiger partial charge in [-0.05, 0) is 18.2 Å². The molecule has 1 aromatic rings. The van der Waals surface area contributed by atoms with Crippen LogP contribution in [0.4, 0.5) is 4.79 Å². The number of guanidine groups is 1. The van der Waals surface area contributed by atoms with Gasteiger partial charge in [0.15, 0.2) is 12.2 Å².